The minimum Gasteiger partial charge on any atom is -0.456 e. The van der Waals surface area contributed by atoms with E-state index in [2.05, 4.69) is 175 Å². The fraction of sp³-hybridized carbons (Fsp3) is 0. The number of hydrogen-bond donors (Lipinski definition) is 0. The summed E-state index contributed by atoms with van der Waals surface area (Å²) in [5, 5.41) is 4.45. The van der Waals surface area contributed by atoms with Crippen molar-refractivity contribution in [1.82, 2.24) is 0 Å². The molecule has 9 aromatic carbocycles. The van der Waals surface area contributed by atoms with Crippen molar-refractivity contribution in [3.63, 3.8) is 0 Å². The number of benzene rings is 9. The highest BCUT2D eigenvalue weighted by Gasteiger charge is 2.21. The number of fused-ring (bicyclic) bond motifs is 4. The maximum atomic E-state index is 14.0. The van der Waals surface area contributed by atoms with Gasteiger partial charge in [-0.3, -0.25) is 0 Å². The summed E-state index contributed by atoms with van der Waals surface area (Å²) >= 11 is 0. The zero-order chi connectivity index (χ0) is 36.7. The summed E-state index contributed by atoms with van der Waals surface area (Å²) in [5.41, 5.74) is 13.6. The smallest absolute Gasteiger partial charge is 0.136 e. The van der Waals surface area contributed by atoms with E-state index in [0.717, 1.165) is 94.3 Å². The molecule has 3 heteroatoms. The molecule has 0 aliphatic heterocycles. The third-order valence-corrected chi connectivity index (χ3v) is 10.5. The SMILES string of the molecule is Fc1ccc(-c2cccc3cccc(-c4cccc(N(c5cccc(-c6ccccc6)c5)c5ccccc5-c5cccc6oc7ccccc7c56)c4)c23)cc1. The van der Waals surface area contributed by atoms with Gasteiger partial charge in [0.15, 0.2) is 0 Å². The van der Waals surface area contributed by atoms with Crippen molar-refractivity contribution >= 4 is 49.8 Å². The zero-order valence-corrected chi connectivity index (χ0v) is 29.9. The van der Waals surface area contributed by atoms with Gasteiger partial charge in [0.1, 0.15) is 17.0 Å². The summed E-state index contributed by atoms with van der Waals surface area (Å²) in [7, 11) is 0. The molecule has 0 N–H and O–H groups in total. The minimum absolute atomic E-state index is 0.245. The quantitative estimate of drug-likeness (QED) is 0.164. The highest BCUT2D eigenvalue weighted by molar-refractivity contribution is 6.14. The van der Waals surface area contributed by atoms with Crippen molar-refractivity contribution < 1.29 is 8.81 Å². The lowest BCUT2D eigenvalue weighted by atomic mass is 9.91. The van der Waals surface area contributed by atoms with E-state index < -0.39 is 0 Å². The van der Waals surface area contributed by atoms with Crippen LogP contribution in [0.1, 0.15) is 0 Å². The number of halogens is 1. The summed E-state index contributed by atoms with van der Waals surface area (Å²) < 4.78 is 20.4. The van der Waals surface area contributed by atoms with Crippen LogP contribution in [0.15, 0.2) is 211 Å². The lowest BCUT2D eigenvalue weighted by Gasteiger charge is -2.29. The van der Waals surface area contributed by atoms with Gasteiger partial charge in [-0.2, -0.15) is 0 Å². The van der Waals surface area contributed by atoms with E-state index in [0.29, 0.717) is 0 Å². The van der Waals surface area contributed by atoms with Crippen LogP contribution in [0, 0.1) is 5.82 Å². The Labute approximate surface area is 319 Å². The largest absolute Gasteiger partial charge is 0.456 e. The minimum atomic E-state index is -0.245. The van der Waals surface area contributed by atoms with Crippen molar-refractivity contribution in [2.75, 3.05) is 4.90 Å². The molecule has 260 valence electrons. The molecule has 1 heterocycles. The normalized spacial score (nSPS) is 11.4. The monoisotopic (exact) mass is 707 g/mol. The molecule has 0 fully saturated rings. The molecule has 0 atom stereocenters. The van der Waals surface area contributed by atoms with Crippen LogP contribution < -0.4 is 4.90 Å². The van der Waals surface area contributed by atoms with Crippen molar-refractivity contribution in [1.29, 1.82) is 0 Å². The molecule has 0 aliphatic rings. The number of hydrogen-bond acceptors (Lipinski definition) is 2. The van der Waals surface area contributed by atoms with E-state index in [4.69, 9.17) is 4.42 Å². The fourth-order valence-corrected chi connectivity index (χ4v) is 8.04. The van der Waals surface area contributed by atoms with E-state index >= 15 is 0 Å². The summed E-state index contributed by atoms with van der Waals surface area (Å²) in [6.45, 7) is 0. The Balaban J connectivity index is 1.20. The molecule has 10 aromatic rings. The number of furan rings is 1. The second-order valence-electron chi connectivity index (χ2n) is 13.8. The second kappa shape index (κ2) is 13.6. The van der Waals surface area contributed by atoms with Gasteiger partial charge in [0.05, 0.1) is 5.69 Å². The van der Waals surface area contributed by atoms with Crippen LogP contribution in [0.25, 0.3) is 77.2 Å². The average Bonchev–Trinajstić information content (AvgIpc) is 3.64. The van der Waals surface area contributed by atoms with Crippen LogP contribution in [0.5, 0.6) is 0 Å². The second-order valence-corrected chi connectivity index (χ2v) is 13.8. The highest BCUT2D eigenvalue weighted by Crippen LogP contribution is 2.46. The molecule has 0 saturated heterocycles. The highest BCUT2D eigenvalue weighted by atomic mass is 19.1. The topological polar surface area (TPSA) is 16.4 Å². The molecule has 0 amide bonds. The van der Waals surface area contributed by atoms with Gasteiger partial charge < -0.3 is 9.32 Å². The Morgan fingerprint density at radius 2 is 0.927 bits per heavy atom. The molecule has 0 radical (unpaired) electrons. The zero-order valence-electron chi connectivity index (χ0n) is 29.9. The van der Waals surface area contributed by atoms with E-state index in [-0.39, 0.29) is 5.82 Å². The first-order valence-electron chi connectivity index (χ1n) is 18.5. The van der Waals surface area contributed by atoms with Crippen LogP contribution in [-0.2, 0) is 0 Å². The third-order valence-electron chi connectivity index (χ3n) is 10.5. The van der Waals surface area contributed by atoms with E-state index in [1.54, 1.807) is 0 Å². The first kappa shape index (κ1) is 32.4. The Morgan fingerprint density at radius 1 is 0.364 bits per heavy atom. The molecule has 10 rings (SSSR count). The molecular formula is C52H34FNO. The molecule has 0 spiro atoms. The number of rotatable bonds is 7. The van der Waals surface area contributed by atoms with Gasteiger partial charge >= 0.3 is 0 Å². The Kier molecular flexibility index (Phi) is 8.04. The van der Waals surface area contributed by atoms with Gasteiger partial charge in [-0.25, -0.2) is 4.39 Å². The lowest BCUT2D eigenvalue weighted by Crippen LogP contribution is -2.11. The average molecular weight is 708 g/mol. The van der Waals surface area contributed by atoms with Crippen LogP contribution in [0.3, 0.4) is 0 Å². The van der Waals surface area contributed by atoms with Crippen molar-refractivity contribution in [3.8, 4) is 44.5 Å². The summed E-state index contributed by atoms with van der Waals surface area (Å²) in [4.78, 5) is 2.37. The van der Waals surface area contributed by atoms with Gasteiger partial charge in [0, 0.05) is 27.7 Å². The molecule has 2 nitrogen and oxygen atoms in total. The predicted molar refractivity (Wildman–Crippen MR) is 228 cm³/mol. The van der Waals surface area contributed by atoms with E-state index in [1.165, 1.54) is 12.1 Å². The van der Waals surface area contributed by atoms with Crippen LogP contribution >= 0.6 is 0 Å². The Morgan fingerprint density at radius 3 is 1.73 bits per heavy atom. The molecular weight excluding hydrogens is 674 g/mol. The van der Waals surface area contributed by atoms with Crippen molar-refractivity contribution in [3.05, 3.63) is 212 Å². The van der Waals surface area contributed by atoms with Gasteiger partial charge in [-0.05, 0) is 104 Å². The molecule has 1 aromatic heterocycles. The predicted octanol–water partition coefficient (Wildman–Crippen LogP) is 15.0. The number of anilines is 3. The standard InChI is InChI=1S/C52H34FNO/c53-40-31-29-36(30-32-40)43-23-10-15-37-16-11-24-44(51(37)43)39-18-9-20-42(34-39)54(41-19-8-17-38(33-41)35-13-2-1-3-14-35)48-26-6-4-21-45(48)46-25-12-28-50-52(46)47-22-5-7-27-49(47)55-50/h1-34H. The van der Waals surface area contributed by atoms with Gasteiger partial charge in [-0.1, -0.05) is 152 Å². The maximum absolute atomic E-state index is 14.0. The molecule has 0 aliphatic carbocycles. The van der Waals surface area contributed by atoms with Crippen LogP contribution in [-0.4, -0.2) is 0 Å². The molecule has 55 heavy (non-hydrogen) atoms. The van der Waals surface area contributed by atoms with Gasteiger partial charge in [0.2, 0.25) is 0 Å². The van der Waals surface area contributed by atoms with E-state index in [9.17, 15) is 4.39 Å². The molecule has 0 unspecified atom stereocenters. The third kappa shape index (κ3) is 5.83. The Hall–Kier alpha value is -7.23. The molecule has 0 bridgehead atoms. The summed E-state index contributed by atoms with van der Waals surface area (Å²) in [5.74, 6) is -0.245. The fourth-order valence-electron chi connectivity index (χ4n) is 8.04. The van der Waals surface area contributed by atoms with Crippen LogP contribution in [0.4, 0.5) is 21.5 Å². The number of para-hydroxylation sites is 2. The van der Waals surface area contributed by atoms with Gasteiger partial charge in [0.25, 0.3) is 0 Å². The van der Waals surface area contributed by atoms with Gasteiger partial charge in [-0.15, -0.1) is 0 Å². The maximum Gasteiger partial charge on any atom is 0.136 e. The first-order chi connectivity index (χ1) is 27.2. The lowest BCUT2D eigenvalue weighted by molar-refractivity contribution is 0.628. The summed E-state index contributed by atoms with van der Waals surface area (Å²) in [6.07, 6.45) is 0. The van der Waals surface area contributed by atoms with Crippen molar-refractivity contribution in [2.24, 2.45) is 0 Å². The van der Waals surface area contributed by atoms with Crippen LogP contribution in [0.2, 0.25) is 0 Å². The number of nitrogens with zero attached hydrogens (tertiary/aromatic N) is 1. The van der Waals surface area contributed by atoms with Crippen molar-refractivity contribution in [2.45, 2.75) is 0 Å². The van der Waals surface area contributed by atoms with E-state index in [1.807, 2.05) is 24.3 Å². The Bertz CT molecular complexity index is 2990. The molecule has 0 saturated carbocycles. The summed E-state index contributed by atoms with van der Waals surface area (Å²) in [6, 6.07) is 70.9. The first-order valence-corrected chi connectivity index (χ1v) is 18.5.